The van der Waals surface area contributed by atoms with Crippen LogP contribution in [-0.2, 0) is 11.2 Å². The monoisotopic (exact) mass is 441 g/mol. The zero-order valence-electron chi connectivity index (χ0n) is 17.7. The van der Waals surface area contributed by atoms with Crippen molar-refractivity contribution in [1.82, 2.24) is 15.2 Å². The van der Waals surface area contributed by atoms with E-state index in [1.807, 2.05) is 61.5 Å². The second kappa shape index (κ2) is 8.55. The van der Waals surface area contributed by atoms with Crippen LogP contribution in [0.25, 0.3) is 21.3 Å². The number of piperazine rings is 1. The first-order valence-corrected chi connectivity index (χ1v) is 11.5. The van der Waals surface area contributed by atoms with Crippen LogP contribution in [0.5, 0.6) is 0 Å². The summed E-state index contributed by atoms with van der Waals surface area (Å²) in [6, 6.07) is 23.3. The first kappa shape index (κ1) is 20.4. The molecule has 0 aliphatic carbocycles. The van der Waals surface area contributed by atoms with Gasteiger partial charge in [-0.2, -0.15) is 0 Å². The molecule has 1 saturated heterocycles. The highest BCUT2D eigenvalue weighted by Gasteiger charge is 2.34. The van der Waals surface area contributed by atoms with E-state index in [9.17, 15) is 9.59 Å². The van der Waals surface area contributed by atoms with Crippen LogP contribution in [0.3, 0.4) is 0 Å². The van der Waals surface area contributed by atoms with E-state index in [0.717, 1.165) is 31.9 Å². The molecule has 0 bridgehead atoms. The van der Waals surface area contributed by atoms with Crippen molar-refractivity contribution in [2.75, 3.05) is 13.1 Å². The second-order valence-electron chi connectivity index (χ2n) is 7.95. The van der Waals surface area contributed by atoms with Crippen molar-refractivity contribution in [3.63, 3.8) is 0 Å². The van der Waals surface area contributed by atoms with E-state index >= 15 is 0 Å². The minimum Gasteiger partial charge on any atom is -0.353 e. The molecule has 6 heteroatoms. The molecule has 160 valence electrons. The first-order valence-electron chi connectivity index (χ1n) is 10.7. The zero-order chi connectivity index (χ0) is 22.1. The maximum absolute atomic E-state index is 13.5. The van der Waals surface area contributed by atoms with Crippen molar-refractivity contribution in [2.24, 2.45) is 0 Å². The zero-order valence-corrected chi connectivity index (χ0v) is 18.6. The number of benzene rings is 3. The molecule has 1 atom stereocenters. The standard InChI is InChI=1S/C26H23N3O2S/c1-17-28-22-12-11-20(16-24(22)32-17)26(31)29-14-13-27-25(30)23(29)15-19-9-5-6-10-21(19)18-7-3-2-4-8-18/h2-12,16,23H,13-15H2,1H3,(H,27,30)/t23-/m0/s1. The molecule has 5 nitrogen and oxygen atoms in total. The lowest BCUT2D eigenvalue weighted by atomic mass is 9.93. The Morgan fingerprint density at radius 3 is 2.72 bits per heavy atom. The number of carbonyl (C=O) groups excluding carboxylic acids is 2. The fourth-order valence-electron chi connectivity index (χ4n) is 4.31. The summed E-state index contributed by atoms with van der Waals surface area (Å²) in [7, 11) is 0. The lowest BCUT2D eigenvalue weighted by molar-refractivity contribution is -0.127. The molecule has 32 heavy (non-hydrogen) atoms. The van der Waals surface area contributed by atoms with Gasteiger partial charge in [0.2, 0.25) is 5.91 Å². The van der Waals surface area contributed by atoms with Crippen LogP contribution < -0.4 is 5.32 Å². The summed E-state index contributed by atoms with van der Waals surface area (Å²) in [5.74, 6) is -0.225. The predicted molar refractivity (Wildman–Crippen MR) is 128 cm³/mol. The first-order chi connectivity index (χ1) is 15.6. The van der Waals surface area contributed by atoms with Gasteiger partial charge in [0, 0.05) is 25.1 Å². The smallest absolute Gasteiger partial charge is 0.254 e. The summed E-state index contributed by atoms with van der Waals surface area (Å²) < 4.78 is 0.987. The number of carbonyl (C=O) groups is 2. The number of aryl methyl sites for hydroxylation is 1. The van der Waals surface area contributed by atoms with Crippen molar-refractivity contribution in [1.29, 1.82) is 0 Å². The van der Waals surface area contributed by atoms with Crippen molar-refractivity contribution in [2.45, 2.75) is 19.4 Å². The summed E-state index contributed by atoms with van der Waals surface area (Å²) >= 11 is 1.57. The fraction of sp³-hybridized carbons (Fsp3) is 0.192. The van der Waals surface area contributed by atoms with Crippen molar-refractivity contribution in [3.8, 4) is 11.1 Å². The quantitative estimate of drug-likeness (QED) is 0.509. The lowest BCUT2D eigenvalue weighted by Gasteiger charge is -2.35. The van der Waals surface area contributed by atoms with Gasteiger partial charge in [-0.05, 0) is 41.8 Å². The highest BCUT2D eigenvalue weighted by Crippen LogP contribution is 2.27. The molecular formula is C26H23N3O2S. The normalized spacial score (nSPS) is 16.2. The Hall–Kier alpha value is -3.51. The van der Waals surface area contributed by atoms with Gasteiger partial charge in [-0.3, -0.25) is 9.59 Å². The molecule has 5 rings (SSSR count). The van der Waals surface area contributed by atoms with Gasteiger partial charge in [0.25, 0.3) is 5.91 Å². The summed E-state index contributed by atoms with van der Waals surface area (Å²) in [4.78, 5) is 32.6. The van der Waals surface area contributed by atoms with Gasteiger partial charge in [0.15, 0.2) is 0 Å². The molecular weight excluding hydrogens is 418 g/mol. The van der Waals surface area contributed by atoms with Crippen LogP contribution in [0.2, 0.25) is 0 Å². The summed E-state index contributed by atoms with van der Waals surface area (Å²) in [5.41, 5.74) is 4.72. The highest BCUT2D eigenvalue weighted by molar-refractivity contribution is 7.18. The fourth-order valence-corrected chi connectivity index (χ4v) is 5.17. The minimum absolute atomic E-state index is 0.109. The average molecular weight is 442 g/mol. The van der Waals surface area contributed by atoms with Crippen molar-refractivity contribution < 1.29 is 9.59 Å². The molecule has 3 aromatic carbocycles. The van der Waals surface area contributed by atoms with E-state index in [1.165, 1.54) is 0 Å². The van der Waals surface area contributed by atoms with E-state index in [2.05, 4.69) is 28.5 Å². The molecule has 0 unspecified atom stereocenters. The number of nitrogens with one attached hydrogen (secondary N) is 1. The van der Waals surface area contributed by atoms with E-state index in [-0.39, 0.29) is 11.8 Å². The lowest BCUT2D eigenvalue weighted by Crippen LogP contribution is -2.58. The average Bonchev–Trinajstić information content (AvgIpc) is 3.20. The number of nitrogens with zero attached hydrogens (tertiary/aromatic N) is 2. The maximum atomic E-state index is 13.5. The van der Waals surface area contributed by atoms with E-state index in [0.29, 0.717) is 25.1 Å². The van der Waals surface area contributed by atoms with Gasteiger partial charge in [-0.15, -0.1) is 11.3 Å². The third kappa shape index (κ3) is 3.89. The Morgan fingerprint density at radius 2 is 1.88 bits per heavy atom. The number of rotatable bonds is 4. The van der Waals surface area contributed by atoms with Gasteiger partial charge in [-0.1, -0.05) is 54.6 Å². The van der Waals surface area contributed by atoms with Crippen molar-refractivity contribution >= 4 is 33.4 Å². The Balaban J connectivity index is 1.47. The number of hydrogen-bond acceptors (Lipinski definition) is 4. The van der Waals surface area contributed by atoms with E-state index in [4.69, 9.17) is 0 Å². The van der Waals surface area contributed by atoms with Crippen LogP contribution >= 0.6 is 11.3 Å². The second-order valence-corrected chi connectivity index (χ2v) is 9.18. The molecule has 2 heterocycles. The van der Waals surface area contributed by atoms with Gasteiger partial charge >= 0.3 is 0 Å². The molecule has 0 saturated carbocycles. The molecule has 1 aliphatic rings. The summed E-state index contributed by atoms with van der Waals surface area (Å²) in [5, 5.41) is 3.91. The van der Waals surface area contributed by atoms with Gasteiger partial charge < -0.3 is 10.2 Å². The van der Waals surface area contributed by atoms with Crippen molar-refractivity contribution in [3.05, 3.63) is 88.9 Å². The molecule has 1 aromatic heterocycles. The van der Waals surface area contributed by atoms with Crippen LogP contribution in [-0.4, -0.2) is 40.8 Å². The highest BCUT2D eigenvalue weighted by atomic mass is 32.1. The van der Waals surface area contributed by atoms with Gasteiger partial charge in [0.1, 0.15) is 6.04 Å². The number of hydrogen-bond donors (Lipinski definition) is 1. The summed E-state index contributed by atoms with van der Waals surface area (Å²) in [6.07, 6.45) is 0.463. The van der Waals surface area contributed by atoms with Gasteiger partial charge in [0.05, 0.1) is 15.2 Å². The number of thiazole rings is 1. The number of aromatic nitrogens is 1. The molecule has 1 N–H and O–H groups in total. The van der Waals surface area contributed by atoms with Crippen LogP contribution in [0.4, 0.5) is 0 Å². The topological polar surface area (TPSA) is 62.3 Å². The molecule has 2 amide bonds. The largest absolute Gasteiger partial charge is 0.353 e. The SMILES string of the molecule is Cc1nc2ccc(C(=O)N3CCNC(=O)[C@@H]3Cc3ccccc3-c3ccccc3)cc2s1. The third-order valence-electron chi connectivity index (χ3n) is 5.85. The summed E-state index contributed by atoms with van der Waals surface area (Å²) in [6.45, 7) is 2.91. The molecule has 0 radical (unpaired) electrons. The molecule has 0 spiro atoms. The van der Waals surface area contributed by atoms with Crippen LogP contribution in [0, 0.1) is 6.92 Å². The third-order valence-corrected chi connectivity index (χ3v) is 6.78. The molecule has 1 fully saturated rings. The maximum Gasteiger partial charge on any atom is 0.254 e. The molecule has 1 aliphatic heterocycles. The Bertz CT molecular complexity index is 1300. The van der Waals surface area contributed by atoms with E-state index in [1.54, 1.807) is 16.2 Å². The number of fused-ring (bicyclic) bond motifs is 1. The number of amides is 2. The minimum atomic E-state index is -0.556. The Labute approximate surface area is 190 Å². The van der Waals surface area contributed by atoms with Crippen LogP contribution in [0.15, 0.2) is 72.8 Å². The Kier molecular flexibility index (Phi) is 5.45. The Morgan fingerprint density at radius 1 is 1.09 bits per heavy atom. The molecule has 4 aromatic rings. The predicted octanol–water partition coefficient (Wildman–Crippen LogP) is 4.46. The van der Waals surface area contributed by atoms with E-state index < -0.39 is 6.04 Å². The van der Waals surface area contributed by atoms with Crippen LogP contribution in [0.1, 0.15) is 20.9 Å². The van der Waals surface area contributed by atoms with Gasteiger partial charge in [-0.25, -0.2) is 4.98 Å².